The minimum absolute atomic E-state index is 0.0297. The molecule has 0 saturated carbocycles. The summed E-state index contributed by atoms with van der Waals surface area (Å²) in [7, 11) is 0. The van der Waals surface area contributed by atoms with Gasteiger partial charge in [-0.1, -0.05) is 40.7 Å². The number of ether oxygens (including phenoxy) is 2. The van der Waals surface area contributed by atoms with E-state index < -0.39 is 5.41 Å². The highest BCUT2D eigenvalue weighted by Gasteiger charge is 2.34. The zero-order chi connectivity index (χ0) is 21.2. The zero-order valence-electron chi connectivity index (χ0n) is 18.3. The van der Waals surface area contributed by atoms with Crippen molar-refractivity contribution in [1.82, 2.24) is 10.2 Å². The van der Waals surface area contributed by atoms with E-state index in [2.05, 4.69) is 19.2 Å². The third-order valence-corrected chi connectivity index (χ3v) is 5.75. The SMILES string of the molecule is CC(C)(C)C(=O)N1CCCC(C(=O)NCC(C)(C)c2ccc3c(c2)OCCO3)C1. The number of hydrogen-bond acceptors (Lipinski definition) is 4. The molecule has 1 atom stereocenters. The van der Waals surface area contributed by atoms with E-state index in [9.17, 15) is 9.59 Å². The van der Waals surface area contributed by atoms with Gasteiger partial charge < -0.3 is 19.7 Å². The summed E-state index contributed by atoms with van der Waals surface area (Å²) < 4.78 is 11.3. The van der Waals surface area contributed by atoms with Crippen molar-refractivity contribution < 1.29 is 19.1 Å². The van der Waals surface area contributed by atoms with E-state index in [1.807, 2.05) is 43.9 Å². The molecule has 2 aliphatic rings. The molecule has 6 heteroatoms. The van der Waals surface area contributed by atoms with Crippen molar-refractivity contribution in [2.45, 2.75) is 52.9 Å². The Kier molecular flexibility index (Phi) is 6.11. The minimum Gasteiger partial charge on any atom is -0.486 e. The van der Waals surface area contributed by atoms with Crippen molar-refractivity contribution in [1.29, 1.82) is 0 Å². The molecule has 3 rings (SSSR count). The number of rotatable bonds is 4. The number of fused-ring (bicyclic) bond motifs is 1. The summed E-state index contributed by atoms with van der Waals surface area (Å²) >= 11 is 0. The molecular formula is C23H34N2O4. The highest BCUT2D eigenvalue weighted by Crippen LogP contribution is 2.35. The number of nitrogens with one attached hydrogen (secondary N) is 1. The smallest absolute Gasteiger partial charge is 0.227 e. The molecule has 1 fully saturated rings. The van der Waals surface area contributed by atoms with Gasteiger partial charge in [-0.05, 0) is 30.5 Å². The molecule has 2 amide bonds. The number of hydrogen-bond donors (Lipinski definition) is 1. The number of likely N-dealkylation sites (tertiary alicyclic amines) is 1. The Bertz CT molecular complexity index is 767. The summed E-state index contributed by atoms with van der Waals surface area (Å²) in [5.41, 5.74) is 0.426. The Labute approximate surface area is 173 Å². The van der Waals surface area contributed by atoms with Crippen LogP contribution in [0, 0.1) is 11.3 Å². The molecule has 1 unspecified atom stereocenters. The maximum absolute atomic E-state index is 12.8. The van der Waals surface area contributed by atoms with Crippen LogP contribution in [0.25, 0.3) is 0 Å². The van der Waals surface area contributed by atoms with E-state index in [0.717, 1.165) is 36.4 Å². The van der Waals surface area contributed by atoms with Crippen molar-refractivity contribution in [2.75, 3.05) is 32.8 Å². The molecule has 29 heavy (non-hydrogen) atoms. The summed E-state index contributed by atoms with van der Waals surface area (Å²) in [6, 6.07) is 5.97. The zero-order valence-corrected chi connectivity index (χ0v) is 18.3. The van der Waals surface area contributed by atoms with Gasteiger partial charge in [-0.25, -0.2) is 0 Å². The number of piperidine rings is 1. The van der Waals surface area contributed by atoms with E-state index in [0.29, 0.717) is 26.3 Å². The summed E-state index contributed by atoms with van der Waals surface area (Å²) in [4.78, 5) is 27.3. The average molecular weight is 403 g/mol. The Morgan fingerprint density at radius 3 is 2.48 bits per heavy atom. The van der Waals surface area contributed by atoms with Crippen LogP contribution in [0.2, 0.25) is 0 Å². The van der Waals surface area contributed by atoms with Crippen molar-refractivity contribution in [3.63, 3.8) is 0 Å². The molecule has 0 bridgehead atoms. The molecule has 1 N–H and O–H groups in total. The minimum atomic E-state index is -0.418. The second-order valence-electron chi connectivity index (χ2n) is 9.80. The molecule has 160 valence electrons. The van der Waals surface area contributed by atoms with Crippen molar-refractivity contribution >= 4 is 11.8 Å². The lowest BCUT2D eigenvalue weighted by Gasteiger charge is -2.36. The van der Waals surface area contributed by atoms with Crippen LogP contribution in [0.15, 0.2) is 18.2 Å². The van der Waals surface area contributed by atoms with E-state index in [4.69, 9.17) is 9.47 Å². The first-order valence-corrected chi connectivity index (χ1v) is 10.6. The van der Waals surface area contributed by atoms with Crippen LogP contribution in [0.3, 0.4) is 0 Å². The van der Waals surface area contributed by atoms with Crippen LogP contribution in [0.1, 0.15) is 53.0 Å². The van der Waals surface area contributed by atoms with Gasteiger partial charge in [0, 0.05) is 30.5 Å². The van der Waals surface area contributed by atoms with Gasteiger partial charge >= 0.3 is 0 Å². The third-order valence-electron chi connectivity index (χ3n) is 5.75. The van der Waals surface area contributed by atoms with Crippen LogP contribution in [-0.2, 0) is 15.0 Å². The number of carbonyl (C=O) groups is 2. The first-order valence-electron chi connectivity index (χ1n) is 10.6. The molecule has 2 heterocycles. The van der Waals surface area contributed by atoms with Crippen LogP contribution in [0.4, 0.5) is 0 Å². The number of amides is 2. The lowest BCUT2D eigenvalue weighted by Crippen LogP contribution is -2.49. The second-order valence-corrected chi connectivity index (χ2v) is 9.80. The third kappa shape index (κ3) is 5.03. The van der Waals surface area contributed by atoms with Crippen LogP contribution in [-0.4, -0.2) is 49.6 Å². The van der Waals surface area contributed by atoms with Crippen LogP contribution in [0.5, 0.6) is 11.5 Å². The molecule has 6 nitrogen and oxygen atoms in total. The van der Waals surface area contributed by atoms with Gasteiger partial charge in [-0.15, -0.1) is 0 Å². The molecule has 2 aliphatic heterocycles. The average Bonchev–Trinajstić information content (AvgIpc) is 2.70. The van der Waals surface area contributed by atoms with Gasteiger partial charge in [0.2, 0.25) is 11.8 Å². The van der Waals surface area contributed by atoms with Crippen LogP contribution >= 0.6 is 0 Å². The Balaban J connectivity index is 1.60. The van der Waals surface area contributed by atoms with Crippen molar-refractivity contribution in [3.05, 3.63) is 23.8 Å². The highest BCUT2D eigenvalue weighted by atomic mass is 16.6. The number of benzene rings is 1. The van der Waals surface area contributed by atoms with E-state index in [1.165, 1.54) is 0 Å². The fourth-order valence-electron chi connectivity index (χ4n) is 3.87. The quantitative estimate of drug-likeness (QED) is 0.840. The fraction of sp³-hybridized carbons (Fsp3) is 0.652. The maximum atomic E-state index is 12.8. The van der Waals surface area contributed by atoms with Gasteiger partial charge in [-0.3, -0.25) is 9.59 Å². The molecule has 0 radical (unpaired) electrons. The van der Waals surface area contributed by atoms with Crippen molar-refractivity contribution in [2.24, 2.45) is 11.3 Å². The van der Waals surface area contributed by atoms with E-state index >= 15 is 0 Å². The molecule has 0 aliphatic carbocycles. The standard InChI is InChI=1S/C23H34N2O4/c1-22(2,3)21(27)25-10-6-7-16(14-25)20(26)24-15-23(4,5)17-8-9-18-19(13-17)29-12-11-28-18/h8-9,13,16H,6-7,10-12,14-15H2,1-5H3,(H,24,26). The number of carbonyl (C=O) groups excluding carboxylic acids is 2. The van der Waals surface area contributed by atoms with E-state index in [1.54, 1.807) is 0 Å². The topological polar surface area (TPSA) is 67.9 Å². The highest BCUT2D eigenvalue weighted by molar-refractivity contribution is 5.84. The first-order chi connectivity index (χ1) is 13.6. The Morgan fingerprint density at radius 1 is 1.10 bits per heavy atom. The second kappa shape index (κ2) is 8.25. The lowest BCUT2D eigenvalue weighted by atomic mass is 9.84. The normalized spacial score (nSPS) is 19.6. The Hall–Kier alpha value is -2.24. The molecule has 0 aromatic heterocycles. The predicted molar refractivity (Wildman–Crippen MR) is 112 cm³/mol. The summed E-state index contributed by atoms with van der Waals surface area (Å²) in [6.07, 6.45) is 1.69. The van der Waals surface area contributed by atoms with Crippen molar-refractivity contribution in [3.8, 4) is 11.5 Å². The van der Waals surface area contributed by atoms with Gasteiger partial charge in [0.1, 0.15) is 13.2 Å². The first kappa shape index (κ1) is 21.5. The van der Waals surface area contributed by atoms with Gasteiger partial charge in [0.15, 0.2) is 11.5 Å². The van der Waals surface area contributed by atoms with Crippen LogP contribution < -0.4 is 14.8 Å². The molecule has 1 aromatic rings. The Morgan fingerprint density at radius 2 is 1.79 bits per heavy atom. The lowest BCUT2D eigenvalue weighted by molar-refractivity contribution is -0.142. The molecule has 0 spiro atoms. The summed E-state index contributed by atoms with van der Waals surface area (Å²) in [6.45, 7) is 12.9. The predicted octanol–water partition coefficient (Wildman–Crippen LogP) is 3.14. The molecule has 1 aromatic carbocycles. The molecular weight excluding hydrogens is 368 g/mol. The van der Waals surface area contributed by atoms with E-state index in [-0.39, 0.29) is 23.1 Å². The number of nitrogens with zero attached hydrogens (tertiary/aromatic N) is 1. The largest absolute Gasteiger partial charge is 0.486 e. The van der Waals surface area contributed by atoms with Gasteiger partial charge in [-0.2, -0.15) is 0 Å². The van der Waals surface area contributed by atoms with Gasteiger partial charge in [0.05, 0.1) is 5.92 Å². The van der Waals surface area contributed by atoms with Gasteiger partial charge in [0.25, 0.3) is 0 Å². The summed E-state index contributed by atoms with van der Waals surface area (Å²) in [5.74, 6) is 1.53. The fourth-order valence-corrected chi connectivity index (χ4v) is 3.87. The monoisotopic (exact) mass is 402 g/mol. The maximum Gasteiger partial charge on any atom is 0.227 e. The molecule has 1 saturated heterocycles. The summed E-state index contributed by atoms with van der Waals surface area (Å²) in [5, 5.41) is 3.12.